The summed E-state index contributed by atoms with van der Waals surface area (Å²) < 4.78 is 1.65. The molecular formula is C16H10Br2N2O2. The van der Waals surface area contributed by atoms with Gasteiger partial charge in [-0.2, -0.15) is 0 Å². The minimum Gasteiger partial charge on any atom is -0.315 e. The molecule has 0 saturated heterocycles. The topological polar surface area (TPSA) is 65.7 Å². The first-order valence-corrected chi connectivity index (χ1v) is 8.03. The predicted molar refractivity (Wildman–Crippen MR) is 94.0 cm³/mol. The smallest absolute Gasteiger partial charge is 0.314 e. The lowest BCUT2D eigenvalue weighted by Gasteiger charge is -2.12. The van der Waals surface area contributed by atoms with Gasteiger partial charge in [-0.15, -0.1) is 0 Å². The molecule has 2 aromatic carbocycles. The molecule has 1 heterocycles. The normalized spacial score (nSPS) is 10.6. The first kappa shape index (κ1) is 15.0. The van der Waals surface area contributed by atoms with Crippen molar-refractivity contribution in [3.8, 4) is 22.5 Å². The maximum Gasteiger partial charge on any atom is 0.314 e. The SMILES string of the molecule is O=c1[nH]c(-c2ccccc2Br)c(-c2ccccc2Br)[nH]c1=O. The van der Waals surface area contributed by atoms with Gasteiger partial charge in [0.1, 0.15) is 0 Å². The lowest BCUT2D eigenvalue weighted by Crippen LogP contribution is -2.30. The molecule has 1 aromatic heterocycles. The van der Waals surface area contributed by atoms with Crippen molar-refractivity contribution >= 4 is 31.9 Å². The highest BCUT2D eigenvalue weighted by Crippen LogP contribution is 2.34. The van der Waals surface area contributed by atoms with Gasteiger partial charge in [0.25, 0.3) is 0 Å². The van der Waals surface area contributed by atoms with Crippen molar-refractivity contribution in [3.63, 3.8) is 0 Å². The number of hydrogen-bond acceptors (Lipinski definition) is 2. The molecule has 3 rings (SSSR count). The van der Waals surface area contributed by atoms with Gasteiger partial charge in [0, 0.05) is 20.1 Å². The number of rotatable bonds is 2. The van der Waals surface area contributed by atoms with Crippen molar-refractivity contribution in [2.45, 2.75) is 0 Å². The number of halogens is 2. The molecule has 0 fully saturated rings. The molecule has 0 amide bonds. The minimum absolute atomic E-state index is 0.559. The highest BCUT2D eigenvalue weighted by Gasteiger charge is 2.15. The Balaban J connectivity index is 2.38. The molecule has 3 aromatic rings. The highest BCUT2D eigenvalue weighted by molar-refractivity contribution is 9.11. The fourth-order valence-corrected chi connectivity index (χ4v) is 3.16. The van der Waals surface area contributed by atoms with Crippen molar-refractivity contribution in [2.24, 2.45) is 0 Å². The molecule has 0 bridgehead atoms. The van der Waals surface area contributed by atoms with E-state index < -0.39 is 11.1 Å². The van der Waals surface area contributed by atoms with Crippen LogP contribution in [0.3, 0.4) is 0 Å². The van der Waals surface area contributed by atoms with Crippen molar-refractivity contribution in [1.29, 1.82) is 0 Å². The van der Waals surface area contributed by atoms with Gasteiger partial charge in [-0.05, 0) is 12.1 Å². The monoisotopic (exact) mass is 420 g/mol. The number of aromatic nitrogens is 2. The molecule has 0 unspecified atom stereocenters. The summed E-state index contributed by atoms with van der Waals surface area (Å²) in [5, 5.41) is 0. The van der Waals surface area contributed by atoms with Crippen LogP contribution in [0.2, 0.25) is 0 Å². The van der Waals surface area contributed by atoms with Crippen LogP contribution in [0.5, 0.6) is 0 Å². The van der Waals surface area contributed by atoms with E-state index in [0.29, 0.717) is 11.4 Å². The number of hydrogen-bond donors (Lipinski definition) is 2. The summed E-state index contributed by atoms with van der Waals surface area (Å²) in [6.07, 6.45) is 0. The Morgan fingerprint density at radius 2 is 1.00 bits per heavy atom. The van der Waals surface area contributed by atoms with Crippen molar-refractivity contribution < 1.29 is 0 Å². The van der Waals surface area contributed by atoms with E-state index >= 15 is 0 Å². The molecule has 2 N–H and O–H groups in total. The van der Waals surface area contributed by atoms with Gasteiger partial charge >= 0.3 is 11.1 Å². The summed E-state index contributed by atoms with van der Waals surface area (Å²) in [5.41, 5.74) is 1.35. The second-order valence-electron chi connectivity index (χ2n) is 4.62. The molecular weight excluding hydrogens is 412 g/mol. The lowest BCUT2D eigenvalue weighted by atomic mass is 10.0. The average molecular weight is 422 g/mol. The Morgan fingerprint density at radius 1 is 0.636 bits per heavy atom. The summed E-state index contributed by atoms with van der Waals surface area (Å²) in [6.45, 7) is 0. The molecule has 110 valence electrons. The van der Waals surface area contributed by atoms with Crippen molar-refractivity contribution in [1.82, 2.24) is 9.97 Å². The molecule has 4 nitrogen and oxygen atoms in total. The van der Waals surface area contributed by atoms with Gasteiger partial charge in [0.15, 0.2) is 0 Å². The molecule has 6 heteroatoms. The van der Waals surface area contributed by atoms with Crippen LogP contribution in [-0.4, -0.2) is 9.97 Å². The Labute approximate surface area is 142 Å². The van der Waals surface area contributed by atoms with Gasteiger partial charge < -0.3 is 9.97 Å². The number of aromatic amines is 2. The minimum atomic E-state index is -0.679. The average Bonchev–Trinajstić information content (AvgIpc) is 2.51. The predicted octanol–water partition coefficient (Wildman–Crippen LogP) is 3.92. The van der Waals surface area contributed by atoms with Crippen LogP contribution in [0.25, 0.3) is 22.5 Å². The zero-order chi connectivity index (χ0) is 15.7. The zero-order valence-corrected chi connectivity index (χ0v) is 14.4. The van der Waals surface area contributed by atoms with E-state index in [1.807, 2.05) is 48.5 Å². The van der Waals surface area contributed by atoms with Gasteiger partial charge in [0.05, 0.1) is 11.4 Å². The third-order valence-electron chi connectivity index (χ3n) is 3.22. The third-order valence-corrected chi connectivity index (χ3v) is 4.60. The largest absolute Gasteiger partial charge is 0.315 e. The number of benzene rings is 2. The van der Waals surface area contributed by atoms with Crippen LogP contribution < -0.4 is 11.1 Å². The fraction of sp³-hybridized carbons (Fsp3) is 0. The Kier molecular flexibility index (Phi) is 4.13. The summed E-state index contributed by atoms with van der Waals surface area (Å²) in [4.78, 5) is 28.9. The molecule has 0 aliphatic heterocycles. The quantitative estimate of drug-likeness (QED) is 0.616. The van der Waals surface area contributed by atoms with E-state index in [2.05, 4.69) is 41.8 Å². The Morgan fingerprint density at radius 3 is 1.36 bits per heavy atom. The van der Waals surface area contributed by atoms with E-state index in [-0.39, 0.29) is 0 Å². The second-order valence-corrected chi connectivity index (χ2v) is 6.33. The van der Waals surface area contributed by atoms with Crippen LogP contribution in [-0.2, 0) is 0 Å². The van der Waals surface area contributed by atoms with Crippen LogP contribution in [0.4, 0.5) is 0 Å². The van der Waals surface area contributed by atoms with E-state index in [1.165, 1.54) is 0 Å². The van der Waals surface area contributed by atoms with Gasteiger partial charge in [0.2, 0.25) is 0 Å². The molecule has 0 spiro atoms. The first-order chi connectivity index (χ1) is 10.6. The summed E-state index contributed by atoms with van der Waals surface area (Å²) in [7, 11) is 0. The zero-order valence-electron chi connectivity index (χ0n) is 11.2. The molecule has 0 radical (unpaired) electrons. The lowest BCUT2D eigenvalue weighted by molar-refractivity contribution is 1.09. The first-order valence-electron chi connectivity index (χ1n) is 6.44. The Hall–Kier alpha value is -1.92. The van der Waals surface area contributed by atoms with Crippen LogP contribution in [0.15, 0.2) is 67.1 Å². The van der Waals surface area contributed by atoms with E-state index in [0.717, 1.165) is 20.1 Å². The summed E-state index contributed by atoms with van der Waals surface area (Å²) in [5.74, 6) is 0. The van der Waals surface area contributed by atoms with Gasteiger partial charge in [-0.25, -0.2) is 0 Å². The van der Waals surface area contributed by atoms with E-state index in [4.69, 9.17) is 0 Å². The molecule has 0 saturated carbocycles. The van der Waals surface area contributed by atoms with Gasteiger partial charge in [-0.1, -0.05) is 68.3 Å². The standard InChI is InChI=1S/C16H10Br2N2O2/c17-11-7-3-1-5-9(11)13-14(20-16(22)15(21)19-13)10-6-2-4-8-12(10)18/h1-8H,(H,19,21)(H,20,22). The van der Waals surface area contributed by atoms with Crippen LogP contribution in [0, 0.1) is 0 Å². The van der Waals surface area contributed by atoms with Crippen LogP contribution >= 0.6 is 31.9 Å². The Bertz CT molecular complexity index is 882. The summed E-state index contributed by atoms with van der Waals surface area (Å²) in [6, 6.07) is 15.0. The molecule has 0 aliphatic carbocycles. The molecule has 0 atom stereocenters. The van der Waals surface area contributed by atoms with Crippen LogP contribution in [0.1, 0.15) is 0 Å². The maximum atomic E-state index is 11.8. The second kappa shape index (κ2) is 6.06. The van der Waals surface area contributed by atoms with Crippen molar-refractivity contribution in [2.75, 3.05) is 0 Å². The van der Waals surface area contributed by atoms with E-state index in [1.54, 1.807) is 0 Å². The fourth-order valence-electron chi connectivity index (χ4n) is 2.20. The van der Waals surface area contributed by atoms with Gasteiger partial charge in [-0.3, -0.25) is 9.59 Å². The third kappa shape index (κ3) is 2.71. The molecule has 22 heavy (non-hydrogen) atoms. The maximum absolute atomic E-state index is 11.8. The number of H-pyrrole nitrogens is 2. The highest BCUT2D eigenvalue weighted by atomic mass is 79.9. The summed E-state index contributed by atoms with van der Waals surface area (Å²) >= 11 is 6.95. The van der Waals surface area contributed by atoms with E-state index in [9.17, 15) is 9.59 Å². The van der Waals surface area contributed by atoms with Crippen molar-refractivity contribution in [3.05, 3.63) is 78.2 Å². The number of nitrogens with one attached hydrogen (secondary N) is 2. The molecule has 0 aliphatic rings.